The lowest BCUT2D eigenvalue weighted by molar-refractivity contribution is 0.104. The van der Waals surface area contributed by atoms with Crippen LogP contribution in [-0.4, -0.2) is 5.78 Å². The second-order valence-electron chi connectivity index (χ2n) is 4.08. The monoisotopic (exact) mass is 350 g/mol. The molecular weight excluding hydrogens is 344 g/mol. The lowest BCUT2D eigenvalue weighted by Crippen LogP contribution is -2.01. The van der Waals surface area contributed by atoms with Crippen LogP contribution >= 0.6 is 38.9 Å². The van der Waals surface area contributed by atoms with Crippen LogP contribution in [0.1, 0.15) is 15.9 Å². The van der Waals surface area contributed by atoms with Crippen molar-refractivity contribution in [2.24, 2.45) is 0 Å². The number of hydrogen-bond acceptors (Lipinski definition) is 2. The van der Waals surface area contributed by atoms with Gasteiger partial charge in [0.05, 0.1) is 5.02 Å². The molecule has 0 saturated carbocycles. The molecule has 3 rings (SSSR count). The molecule has 1 heterocycles. The predicted molar refractivity (Wildman–Crippen MR) is 84.4 cm³/mol. The average Bonchev–Trinajstić information content (AvgIpc) is 2.85. The van der Waals surface area contributed by atoms with Crippen LogP contribution in [0.25, 0.3) is 10.1 Å². The lowest BCUT2D eigenvalue weighted by atomic mass is 10.0. The standard InChI is InChI=1S/C15H8BrClOS/c16-12-6-3-5-10(14(12)17)15(18)11-8-19-13-7-2-1-4-9(11)13/h1-8H. The first-order valence-electron chi connectivity index (χ1n) is 5.63. The summed E-state index contributed by atoms with van der Waals surface area (Å²) in [5, 5.41) is 3.33. The Kier molecular flexibility index (Phi) is 3.44. The summed E-state index contributed by atoms with van der Waals surface area (Å²) in [5.41, 5.74) is 1.24. The van der Waals surface area contributed by atoms with Gasteiger partial charge in [-0.05, 0) is 34.1 Å². The van der Waals surface area contributed by atoms with Crippen molar-refractivity contribution in [3.05, 3.63) is 68.5 Å². The molecule has 4 heteroatoms. The molecule has 3 aromatic rings. The molecule has 0 N–H and O–H groups in total. The smallest absolute Gasteiger partial charge is 0.196 e. The summed E-state index contributed by atoms with van der Waals surface area (Å²) in [5.74, 6) is -0.0382. The third-order valence-corrected chi connectivity index (χ3v) is 5.18. The first-order chi connectivity index (χ1) is 9.18. The summed E-state index contributed by atoms with van der Waals surface area (Å²) in [6.45, 7) is 0. The number of thiophene rings is 1. The largest absolute Gasteiger partial charge is 0.288 e. The summed E-state index contributed by atoms with van der Waals surface area (Å²) < 4.78 is 1.84. The maximum absolute atomic E-state index is 12.6. The Morgan fingerprint density at radius 1 is 1.05 bits per heavy atom. The van der Waals surface area contributed by atoms with Crippen LogP contribution in [0, 0.1) is 0 Å². The van der Waals surface area contributed by atoms with Crippen LogP contribution in [0.15, 0.2) is 52.3 Å². The minimum Gasteiger partial charge on any atom is -0.288 e. The summed E-state index contributed by atoms with van der Waals surface area (Å²) in [7, 11) is 0. The van der Waals surface area contributed by atoms with E-state index in [0.29, 0.717) is 16.1 Å². The van der Waals surface area contributed by atoms with E-state index in [2.05, 4.69) is 15.9 Å². The molecule has 19 heavy (non-hydrogen) atoms. The highest BCUT2D eigenvalue weighted by atomic mass is 79.9. The minimum absolute atomic E-state index is 0.0382. The van der Waals surface area contributed by atoms with E-state index in [1.165, 1.54) is 0 Å². The van der Waals surface area contributed by atoms with Crippen molar-refractivity contribution in [1.29, 1.82) is 0 Å². The van der Waals surface area contributed by atoms with E-state index in [4.69, 9.17) is 11.6 Å². The number of ketones is 1. The van der Waals surface area contributed by atoms with E-state index >= 15 is 0 Å². The van der Waals surface area contributed by atoms with Crippen LogP contribution in [0.5, 0.6) is 0 Å². The first-order valence-corrected chi connectivity index (χ1v) is 7.68. The summed E-state index contributed by atoms with van der Waals surface area (Å²) >= 11 is 11.1. The Labute approximate surface area is 128 Å². The number of carbonyl (C=O) groups excluding carboxylic acids is 1. The Bertz CT molecular complexity index is 779. The zero-order chi connectivity index (χ0) is 13.4. The number of benzene rings is 2. The minimum atomic E-state index is -0.0382. The second-order valence-corrected chi connectivity index (χ2v) is 6.22. The SMILES string of the molecule is O=C(c1cccc(Br)c1Cl)c1csc2ccccc12. The van der Waals surface area contributed by atoms with Crippen molar-refractivity contribution in [3.8, 4) is 0 Å². The summed E-state index contributed by atoms with van der Waals surface area (Å²) in [4.78, 5) is 12.6. The molecule has 0 fully saturated rings. The fourth-order valence-electron chi connectivity index (χ4n) is 1.98. The van der Waals surface area contributed by atoms with E-state index in [-0.39, 0.29) is 5.78 Å². The number of hydrogen-bond donors (Lipinski definition) is 0. The van der Waals surface area contributed by atoms with E-state index in [9.17, 15) is 4.79 Å². The summed E-state index contributed by atoms with van der Waals surface area (Å²) in [6.07, 6.45) is 0. The van der Waals surface area contributed by atoms with Crippen molar-refractivity contribution < 1.29 is 4.79 Å². The lowest BCUT2D eigenvalue weighted by Gasteiger charge is -2.04. The molecule has 0 spiro atoms. The molecule has 1 aromatic heterocycles. The number of carbonyl (C=O) groups is 1. The number of fused-ring (bicyclic) bond motifs is 1. The molecule has 0 unspecified atom stereocenters. The normalized spacial score (nSPS) is 10.8. The third kappa shape index (κ3) is 2.22. The van der Waals surface area contributed by atoms with E-state index in [1.54, 1.807) is 17.4 Å². The summed E-state index contributed by atoms with van der Waals surface area (Å²) in [6, 6.07) is 13.3. The van der Waals surface area contributed by atoms with E-state index in [1.807, 2.05) is 41.8 Å². The maximum atomic E-state index is 12.6. The Hall–Kier alpha value is -1.16. The average molecular weight is 352 g/mol. The molecule has 0 aliphatic rings. The van der Waals surface area contributed by atoms with Crippen LogP contribution < -0.4 is 0 Å². The molecule has 0 amide bonds. The molecule has 0 radical (unpaired) electrons. The molecular formula is C15H8BrClOS. The van der Waals surface area contributed by atoms with Gasteiger partial charge in [-0.3, -0.25) is 4.79 Å². The maximum Gasteiger partial charge on any atom is 0.196 e. The second kappa shape index (κ2) is 5.08. The molecule has 94 valence electrons. The Morgan fingerprint density at radius 2 is 1.84 bits per heavy atom. The Balaban J connectivity index is 2.17. The zero-order valence-corrected chi connectivity index (χ0v) is 12.8. The van der Waals surface area contributed by atoms with E-state index in [0.717, 1.165) is 14.6 Å². The fourth-order valence-corrected chi connectivity index (χ4v) is 3.50. The van der Waals surface area contributed by atoms with Gasteiger partial charge in [-0.25, -0.2) is 0 Å². The first kappa shape index (κ1) is 12.9. The van der Waals surface area contributed by atoms with Crippen molar-refractivity contribution in [2.75, 3.05) is 0 Å². The van der Waals surface area contributed by atoms with Crippen LogP contribution in [0.3, 0.4) is 0 Å². The van der Waals surface area contributed by atoms with Crippen LogP contribution in [-0.2, 0) is 0 Å². The van der Waals surface area contributed by atoms with Gasteiger partial charge in [0.25, 0.3) is 0 Å². The highest BCUT2D eigenvalue weighted by Gasteiger charge is 2.17. The highest BCUT2D eigenvalue weighted by Crippen LogP contribution is 2.32. The van der Waals surface area contributed by atoms with Gasteiger partial charge in [0.15, 0.2) is 5.78 Å². The van der Waals surface area contributed by atoms with Gasteiger partial charge in [-0.2, -0.15) is 0 Å². The molecule has 0 aliphatic heterocycles. The molecule has 0 aliphatic carbocycles. The molecule has 0 saturated heterocycles. The molecule has 0 bridgehead atoms. The van der Waals surface area contributed by atoms with Gasteiger partial charge < -0.3 is 0 Å². The van der Waals surface area contributed by atoms with Crippen molar-refractivity contribution in [3.63, 3.8) is 0 Å². The van der Waals surface area contributed by atoms with Crippen molar-refractivity contribution >= 4 is 54.7 Å². The predicted octanol–water partition coefficient (Wildman–Crippen LogP) is 5.55. The Morgan fingerprint density at radius 3 is 2.68 bits per heavy atom. The highest BCUT2D eigenvalue weighted by molar-refractivity contribution is 9.10. The topological polar surface area (TPSA) is 17.1 Å². The van der Waals surface area contributed by atoms with Crippen molar-refractivity contribution in [1.82, 2.24) is 0 Å². The van der Waals surface area contributed by atoms with Gasteiger partial charge in [0.1, 0.15) is 0 Å². The number of halogens is 2. The van der Waals surface area contributed by atoms with E-state index < -0.39 is 0 Å². The van der Waals surface area contributed by atoms with Crippen LogP contribution in [0.2, 0.25) is 5.02 Å². The molecule has 1 nitrogen and oxygen atoms in total. The van der Waals surface area contributed by atoms with Gasteiger partial charge >= 0.3 is 0 Å². The van der Waals surface area contributed by atoms with Crippen molar-refractivity contribution in [2.45, 2.75) is 0 Å². The third-order valence-electron chi connectivity index (χ3n) is 2.92. The molecule has 2 aromatic carbocycles. The zero-order valence-electron chi connectivity index (χ0n) is 9.69. The van der Waals surface area contributed by atoms with Gasteiger partial charge in [-0.15, -0.1) is 11.3 Å². The van der Waals surface area contributed by atoms with Crippen LogP contribution in [0.4, 0.5) is 0 Å². The fraction of sp³-hybridized carbons (Fsp3) is 0. The van der Waals surface area contributed by atoms with Gasteiger partial charge in [-0.1, -0.05) is 35.9 Å². The van der Waals surface area contributed by atoms with Gasteiger partial charge in [0.2, 0.25) is 0 Å². The quantitative estimate of drug-likeness (QED) is 0.553. The molecule has 0 atom stereocenters. The number of rotatable bonds is 2. The van der Waals surface area contributed by atoms with Gasteiger partial charge in [0, 0.05) is 31.1 Å².